The molecule has 0 saturated carbocycles. The lowest BCUT2D eigenvalue weighted by molar-refractivity contribution is 0.0211. The van der Waals surface area contributed by atoms with Crippen molar-refractivity contribution >= 4 is 6.09 Å². The Bertz CT molecular complexity index is 352. The van der Waals surface area contributed by atoms with Crippen molar-refractivity contribution in [1.82, 2.24) is 10.2 Å². The number of ether oxygens (including phenoxy) is 1. The second kappa shape index (κ2) is 8.16. The molecule has 1 heterocycles. The molecule has 3 unspecified atom stereocenters. The van der Waals surface area contributed by atoms with Crippen molar-refractivity contribution in [3.8, 4) is 0 Å². The summed E-state index contributed by atoms with van der Waals surface area (Å²) in [5.74, 6) is 0.775. The van der Waals surface area contributed by atoms with Gasteiger partial charge in [-0.2, -0.15) is 0 Å². The second-order valence-corrected chi connectivity index (χ2v) is 7.93. The molecule has 1 aliphatic heterocycles. The number of piperidine rings is 1. The van der Waals surface area contributed by atoms with Crippen molar-refractivity contribution in [2.24, 2.45) is 11.8 Å². The lowest BCUT2D eigenvalue weighted by Crippen LogP contribution is -2.54. The summed E-state index contributed by atoms with van der Waals surface area (Å²) in [5, 5.41) is 13.2. The molecule has 0 aliphatic carbocycles. The van der Waals surface area contributed by atoms with Gasteiger partial charge in [-0.05, 0) is 45.4 Å². The summed E-state index contributed by atoms with van der Waals surface area (Å²) in [6.07, 6.45) is 0.883. The third-order valence-corrected chi connectivity index (χ3v) is 3.87. The van der Waals surface area contributed by atoms with E-state index in [1.165, 1.54) is 0 Å². The summed E-state index contributed by atoms with van der Waals surface area (Å²) in [4.78, 5) is 14.3. The Kier molecular flexibility index (Phi) is 7.13. The topological polar surface area (TPSA) is 61.8 Å². The number of alkyl carbamates (subject to hydrolysis) is 1. The van der Waals surface area contributed by atoms with Gasteiger partial charge in [0, 0.05) is 25.7 Å². The fourth-order valence-corrected chi connectivity index (χ4v) is 3.09. The number of nitrogens with zero attached hydrogens (tertiary/aromatic N) is 1. The number of carbonyl (C=O) groups excluding carboxylic acids is 1. The summed E-state index contributed by atoms with van der Waals surface area (Å²) in [6, 6.07) is 0.0357. The first-order chi connectivity index (χ1) is 10.1. The van der Waals surface area contributed by atoms with Crippen LogP contribution in [0.5, 0.6) is 0 Å². The van der Waals surface area contributed by atoms with Gasteiger partial charge in [0.2, 0.25) is 0 Å². The maximum atomic E-state index is 12.0. The number of amides is 1. The highest BCUT2D eigenvalue weighted by molar-refractivity contribution is 5.68. The summed E-state index contributed by atoms with van der Waals surface area (Å²) in [6.45, 7) is 14.7. The zero-order valence-corrected chi connectivity index (χ0v) is 15.1. The van der Waals surface area contributed by atoms with E-state index in [0.717, 1.165) is 32.5 Å². The van der Waals surface area contributed by atoms with Gasteiger partial charge in [0.15, 0.2) is 0 Å². The van der Waals surface area contributed by atoms with Gasteiger partial charge in [-0.15, -0.1) is 0 Å². The van der Waals surface area contributed by atoms with E-state index >= 15 is 0 Å². The van der Waals surface area contributed by atoms with Gasteiger partial charge < -0.3 is 20.1 Å². The van der Waals surface area contributed by atoms with Crippen LogP contribution in [0, 0.1) is 11.8 Å². The first kappa shape index (κ1) is 19.2. The Hall–Kier alpha value is -0.810. The van der Waals surface area contributed by atoms with E-state index in [1.807, 2.05) is 27.7 Å². The van der Waals surface area contributed by atoms with Crippen LogP contribution < -0.4 is 5.32 Å². The normalized spacial score (nSPS) is 25.1. The molecule has 5 nitrogen and oxygen atoms in total. The Balaban J connectivity index is 2.65. The zero-order chi connectivity index (χ0) is 16.9. The van der Waals surface area contributed by atoms with Crippen molar-refractivity contribution in [2.45, 2.75) is 72.1 Å². The first-order valence-electron chi connectivity index (χ1n) is 8.50. The van der Waals surface area contributed by atoms with Gasteiger partial charge >= 0.3 is 6.09 Å². The minimum atomic E-state index is -0.487. The molecule has 0 aromatic carbocycles. The highest BCUT2D eigenvalue weighted by atomic mass is 16.6. The molecule has 1 amide bonds. The van der Waals surface area contributed by atoms with Gasteiger partial charge in [0.25, 0.3) is 0 Å². The Labute approximate surface area is 135 Å². The van der Waals surface area contributed by atoms with Crippen LogP contribution in [0.25, 0.3) is 0 Å². The molecule has 1 saturated heterocycles. The van der Waals surface area contributed by atoms with E-state index < -0.39 is 5.60 Å². The van der Waals surface area contributed by atoms with Crippen LogP contribution in [-0.2, 0) is 4.74 Å². The number of likely N-dealkylation sites (tertiary alicyclic amines) is 1. The fourth-order valence-electron chi connectivity index (χ4n) is 3.09. The monoisotopic (exact) mass is 314 g/mol. The molecule has 5 heteroatoms. The number of hydrogen-bond acceptors (Lipinski definition) is 4. The molecule has 0 spiro atoms. The van der Waals surface area contributed by atoms with E-state index in [-0.39, 0.29) is 24.2 Å². The van der Waals surface area contributed by atoms with Crippen LogP contribution in [-0.4, -0.2) is 53.5 Å². The average Bonchev–Trinajstić information content (AvgIpc) is 2.34. The third-order valence-electron chi connectivity index (χ3n) is 3.87. The summed E-state index contributed by atoms with van der Waals surface area (Å²) >= 11 is 0. The predicted molar refractivity (Wildman–Crippen MR) is 88.8 cm³/mol. The molecule has 0 bridgehead atoms. The number of aliphatic hydroxyl groups excluding tert-OH is 1. The Morgan fingerprint density at radius 3 is 2.50 bits per heavy atom. The maximum absolute atomic E-state index is 12.0. The number of nitrogens with one attached hydrogen (secondary N) is 1. The lowest BCUT2D eigenvalue weighted by Gasteiger charge is -2.40. The van der Waals surface area contributed by atoms with Crippen LogP contribution >= 0.6 is 0 Å². The molecule has 3 atom stereocenters. The molecule has 0 radical (unpaired) electrons. The average molecular weight is 314 g/mol. The molecular formula is C17H34N2O3. The van der Waals surface area contributed by atoms with Gasteiger partial charge in [-0.25, -0.2) is 4.79 Å². The van der Waals surface area contributed by atoms with Crippen molar-refractivity contribution in [2.75, 3.05) is 19.6 Å². The van der Waals surface area contributed by atoms with Crippen LogP contribution in [0.2, 0.25) is 0 Å². The van der Waals surface area contributed by atoms with Crippen molar-refractivity contribution < 1.29 is 14.6 Å². The van der Waals surface area contributed by atoms with Gasteiger partial charge in [-0.1, -0.05) is 20.8 Å². The number of carbonyl (C=O) groups is 1. The molecule has 22 heavy (non-hydrogen) atoms. The number of aliphatic hydroxyl groups is 1. The molecule has 0 aromatic heterocycles. The second-order valence-electron chi connectivity index (χ2n) is 7.93. The third kappa shape index (κ3) is 6.97. The first-order valence-corrected chi connectivity index (χ1v) is 8.50. The van der Waals surface area contributed by atoms with Crippen molar-refractivity contribution in [3.63, 3.8) is 0 Å². The Morgan fingerprint density at radius 1 is 1.36 bits per heavy atom. The van der Waals surface area contributed by atoms with Crippen LogP contribution in [0.1, 0.15) is 54.4 Å². The van der Waals surface area contributed by atoms with Gasteiger partial charge in [0.1, 0.15) is 5.60 Å². The van der Waals surface area contributed by atoms with Crippen molar-refractivity contribution in [1.29, 1.82) is 0 Å². The number of rotatable bonds is 5. The molecule has 2 N–H and O–H groups in total. The van der Waals surface area contributed by atoms with Crippen molar-refractivity contribution in [3.05, 3.63) is 0 Å². The highest BCUT2D eigenvalue weighted by Gasteiger charge is 2.32. The largest absolute Gasteiger partial charge is 0.444 e. The maximum Gasteiger partial charge on any atom is 0.407 e. The van der Waals surface area contributed by atoms with E-state index in [9.17, 15) is 9.90 Å². The van der Waals surface area contributed by atoms with E-state index in [4.69, 9.17) is 4.74 Å². The minimum absolute atomic E-state index is 0.0357. The highest BCUT2D eigenvalue weighted by Crippen LogP contribution is 2.23. The fraction of sp³-hybridized carbons (Fsp3) is 0.941. The van der Waals surface area contributed by atoms with Crippen LogP contribution in [0.15, 0.2) is 0 Å². The minimum Gasteiger partial charge on any atom is -0.444 e. The smallest absolute Gasteiger partial charge is 0.407 e. The van der Waals surface area contributed by atoms with Gasteiger partial charge in [0.05, 0.1) is 6.10 Å². The summed E-state index contributed by atoms with van der Waals surface area (Å²) < 4.78 is 5.35. The summed E-state index contributed by atoms with van der Waals surface area (Å²) in [5.41, 5.74) is -0.487. The molecule has 1 fully saturated rings. The molecular weight excluding hydrogens is 280 g/mol. The van der Waals surface area contributed by atoms with Gasteiger partial charge in [-0.3, -0.25) is 0 Å². The Morgan fingerprint density at radius 2 is 2.00 bits per heavy atom. The van der Waals surface area contributed by atoms with E-state index in [2.05, 4.69) is 24.1 Å². The standard InChI is InChI=1S/C17H34N2O3/c1-7-15(20)13-8-14(11-19(10-13)9-12(2)3)18-16(21)22-17(4,5)6/h12-15,20H,7-11H2,1-6H3,(H,18,21). The van der Waals surface area contributed by atoms with Crippen LogP contribution in [0.3, 0.4) is 0 Å². The summed E-state index contributed by atoms with van der Waals surface area (Å²) in [7, 11) is 0. The zero-order valence-electron chi connectivity index (χ0n) is 15.1. The van der Waals surface area contributed by atoms with Crippen LogP contribution in [0.4, 0.5) is 4.79 Å². The molecule has 130 valence electrons. The van der Waals surface area contributed by atoms with E-state index in [1.54, 1.807) is 0 Å². The predicted octanol–water partition coefficient (Wildman–Crippen LogP) is 2.63. The molecule has 1 rings (SSSR count). The number of hydrogen-bond donors (Lipinski definition) is 2. The quantitative estimate of drug-likeness (QED) is 0.819. The SMILES string of the molecule is CCC(O)C1CC(NC(=O)OC(C)(C)C)CN(CC(C)C)C1. The lowest BCUT2D eigenvalue weighted by atomic mass is 9.88. The van der Waals surface area contributed by atoms with E-state index in [0.29, 0.717) is 5.92 Å². The molecule has 0 aromatic rings. The molecule has 1 aliphatic rings.